The Balaban J connectivity index is 0.00000117. The van der Waals surface area contributed by atoms with E-state index >= 15 is 0 Å². The Labute approximate surface area is 174 Å². The van der Waals surface area contributed by atoms with Crippen LogP contribution in [0.5, 0.6) is 0 Å². The molecule has 4 rings (SSSR count). The smallest absolute Gasteiger partial charge is 0.407 e. The van der Waals surface area contributed by atoms with E-state index in [1.165, 1.54) is 12.8 Å². The first-order chi connectivity index (χ1) is 13.8. The predicted molar refractivity (Wildman–Crippen MR) is 113 cm³/mol. The summed E-state index contributed by atoms with van der Waals surface area (Å²) < 4.78 is 4.60. The molecule has 2 amide bonds. The lowest BCUT2D eigenvalue weighted by atomic mass is 9.79. The lowest BCUT2D eigenvalue weighted by molar-refractivity contribution is -0.138. The Morgan fingerprint density at radius 1 is 1.14 bits per heavy atom. The molecular formula is C23H35N3O3. The van der Waals surface area contributed by atoms with Crippen molar-refractivity contribution in [2.75, 3.05) is 20.2 Å². The number of carbonyl (C=O) groups is 2. The molecule has 0 radical (unpaired) electrons. The zero-order chi connectivity index (χ0) is 21.3. The van der Waals surface area contributed by atoms with Gasteiger partial charge >= 0.3 is 6.09 Å². The number of hydrogen-bond donors (Lipinski definition) is 1. The van der Waals surface area contributed by atoms with Crippen molar-refractivity contribution >= 4 is 12.0 Å². The Hall–Kier alpha value is -2.11. The second kappa shape index (κ2) is 8.33. The Kier molecular flexibility index (Phi) is 6.20. The molecule has 0 bridgehead atoms. The lowest BCUT2D eigenvalue weighted by Gasteiger charge is -2.37. The number of hydrogen-bond acceptors (Lipinski definition) is 4. The maximum atomic E-state index is 12.7. The highest BCUT2D eigenvalue weighted by molar-refractivity contribution is 5.81. The number of nitrogens with one attached hydrogen (secondary N) is 1. The number of ether oxygens (including phenoxy) is 1. The SMILES string of the molecule is CC.COC(=O)NC1CC(C(=O)N2CC3C(C2)C3c2cccc(C(C)(C)C)n2)C1. The van der Waals surface area contributed by atoms with E-state index in [2.05, 4.69) is 49.0 Å². The van der Waals surface area contributed by atoms with E-state index in [0.29, 0.717) is 17.8 Å². The Morgan fingerprint density at radius 3 is 2.31 bits per heavy atom. The molecule has 1 N–H and O–H groups in total. The summed E-state index contributed by atoms with van der Waals surface area (Å²) in [6.07, 6.45) is 1.03. The summed E-state index contributed by atoms with van der Waals surface area (Å²) in [7, 11) is 1.36. The Bertz CT molecular complexity index is 740. The van der Waals surface area contributed by atoms with Crippen LogP contribution in [0, 0.1) is 17.8 Å². The van der Waals surface area contributed by atoms with Gasteiger partial charge in [0.1, 0.15) is 0 Å². The van der Waals surface area contributed by atoms with Gasteiger partial charge in [0.05, 0.1) is 7.11 Å². The molecule has 6 heteroatoms. The second-order valence-electron chi connectivity index (χ2n) is 9.30. The summed E-state index contributed by atoms with van der Waals surface area (Å²) in [6.45, 7) is 12.3. The minimum Gasteiger partial charge on any atom is -0.453 e. The molecule has 2 heterocycles. The van der Waals surface area contributed by atoms with Gasteiger partial charge in [-0.15, -0.1) is 0 Å². The first-order valence-electron chi connectivity index (χ1n) is 10.9. The van der Waals surface area contributed by atoms with E-state index in [-0.39, 0.29) is 23.3 Å². The molecule has 2 atom stereocenters. The minimum atomic E-state index is -0.416. The van der Waals surface area contributed by atoms with Crippen LogP contribution in [0.3, 0.4) is 0 Å². The van der Waals surface area contributed by atoms with Crippen LogP contribution in [0.4, 0.5) is 4.79 Å². The molecule has 1 saturated heterocycles. The quantitative estimate of drug-likeness (QED) is 0.838. The fourth-order valence-corrected chi connectivity index (χ4v) is 4.62. The molecular weight excluding hydrogens is 366 g/mol. The van der Waals surface area contributed by atoms with E-state index in [4.69, 9.17) is 4.98 Å². The summed E-state index contributed by atoms with van der Waals surface area (Å²) in [6, 6.07) is 6.43. The Morgan fingerprint density at radius 2 is 1.76 bits per heavy atom. The molecule has 1 aromatic rings. The average Bonchev–Trinajstić information content (AvgIpc) is 3.18. The number of alkyl carbamates (subject to hydrolysis) is 1. The largest absolute Gasteiger partial charge is 0.453 e. The number of methoxy groups -OCH3 is 1. The fourth-order valence-electron chi connectivity index (χ4n) is 4.62. The van der Waals surface area contributed by atoms with E-state index in [1.54, 1.807) is 0 Å². The molecule has 1 aromatic heterocycles. The van der Waals surface area contributed by atoms with Gasteiger partial charge in [0.2, 0.25) is 5.91 Å². The summed E-state index contributed by atoms with van der Waals surface area (Å²) in [5.74, 6) is 1.92. The first-order valence-corrected chi connectivity index (χ1v) is 10.9. The van der Waals surface area contributed by atoms with Gasteiger partial charge in [0, 0.05) is 47.8 Å². The molecule has 1 aliphatic heterocycles. The number of piperidine rings is 1. The van der Waals surface area contributed by atoms with Crippen molar-refractivity contribution in [3.05, 3.63) is 29.6 Å². The number of fused-ring (bicyclic) bond motifs is 1. The highest BCUT2D eigenvalue weighted by atomic mass is 16.5. The number of pyridine rings is 1. The maximum absolute atomic E-state index is 12.7. The van der Waals surface area contributed by atoms with Crippen molar-refractivity contribution in [2.24, 2.45) is 17.8 Å². The molecule has 0 spiro atoms. The third-order valence-electron chi connectivity index (χ3n) is 6.38. The minimum absolute atomic E-state index is 0.0467. The number of aromatic nitrogens is 1. The van der Waals surface area contributed by atoms with Crippen LogP contribution in [-0.2, 0) is 14.9 Å². The predicted octanol–water partition coefficient (Wildman–Crippen LogP) is 3.71. The van der Waals surface area contributed by atoms with Crippen molar-refractivity contribution in [1.82, 2.24) is 15.2 Å². The van der Waals surface area contributed by atoms with Crippen molar-refractivity contribution in [2.45, 2.75) is 64.8 Å². The monoisotopic (exact) mass is 401 g/mol. The molecule has 2 aliphatic carbocycles. The number of amides is 2. The summed E-state index contributed by atoms with van der Waals surface area (Å²) >= 11 is 0. The van der Waals surface area contributed by atoms with Crippen LogP contribution in [0.15, 0.2) is 18.2 Å². The molecule has 0 aromatic carbocycles. The highest BCUT2D eigenvalue weighted by Crippen LogP contribution is 2.58. The summed E-state index contributed by atoms with van der Waals surface area (Å²) in [5.41, 5.74) is 2.38. The van der Waals surface area contributed by atoms with Crippen LogP contribution in [0.25, 0.3) is 0 Å². The normalized spacial score (nSPS) is 29.7. The van der Waals surface area contributed by atoms with Crippen molar-refractivity contribution in [3.63, 3.8) is 0 Å². The number of likely N-dealkylation sites (tertiary alicyclic amines) is 1. The van der Waals surface area contributed by atoms with Crippen LogP contribution in [0.2, 0.25) is 0 Å². The second-order valence-corrected chi connectivity index (χ2v) is 9.30. The zero-order valence-electron chi connectivity index (χ0n) is 18.6. The van der Waals surface area contributed by atoms with E-state index in [0.717, 1.165) is 31.6 Å². The van der Waals surface area contributed by atoms with Crippen molar-refractivity contribution in [1.29, 1.82) is 0 Å². The molecule has 29 heavy (non-hydrogen) atoms. The number of carbonyl (C=O) groups excluding carboxylic acids is 2. The lowest BCUT2D eigenvalue weighted by Crippen LogP contribution is -2.50. The van der Waals surface area contributed by atoms with Gasteiger partial charge in [-0.25, -0.2) is 4.79 Å². The molecule has 3 aliphatic rings. The van der Waals surface area contributed by atoms with Crippen molar-refractivity contribution in [3.8, 4) is 0 Å². The fraction of sp³-hybridized carbons (Fsp3) is 0.696. The first kappa shape index (κ1) is 21.6. The maximum Gasteiger partial charge on any atom is 0.407 e. The standard InChI is InChI=1S/C21H29N3O3.C2H6/c1-21(2,3)17-7-5-6-16(23-17)18-14-10-24(11-15(14)18)19(25)12-8-13(9-12)22-20(26)27-4;1-2/h5-7,12-15,18H,8-11H2,1-4H3,(H,22,26);1-2H3. The van der Waals surface area contributed by atoms with Gasteiger partial charge in [-0.1, -0.05) is 40.7 Å². The van der Waals surface area contributed by atoms with Gasteiger partial charge in [0.25, 0.3) is 0 Å². The van der Waals surface area contributed by atoms with E-state index < -0.39 is 6.09 Å². The van der Waals surface area contributed by atoms with Crippen LogP contribution < -0.4 is 5.32 Å². The van der Waals surface area contributed by atoms with Gasteiger partial charge in [-0.05, 0) is 36.8 Å². The van der Waals surface area contributed by atoms with Gasteiger partial charge in [-0.2, -0.15) is 0 Å². The van der Waals surface area contributed by atoms with Crippen LogP contribution in [0.1, 0.15) is 64.8 Å². The van der Waals surface area contributed by atoms with Crippen molar-refractivity contribution < 1.29 is 14.3 Å². The molecule has 2 saturated carbocycles. The molecule has 2 unspecified atom stereocenters. The number of nitrogens with zero attached hydrogens (tertiary/aromatic N) is 2. The summed E-state index contributed by atoms with van der Waals surface area (Å²) in [5, 5.41) is 2.76. The van der Waals surface area contributed by atoms with E-state index in [1.807, 2.05) is 18.7 Å². The molecule has 160 valence electrons. The van der Waals surface area contributed by atoms with Gasteiger partial charge in [-0.3, -0.25) is 9.78 Å². The number of rotatable bonds is 3. The topological polar surface area (TPSA) is 71.5 Å². The third kappa shape index (κ3) is 4.41. The average molecular weight is 402 g/mol. The van der Waals surface area contributed by atoms with E-state index in [9.17, 15) is 9.59 Å². The molecule has 3 fully saturated rings. The third-order valence-corrected chi connectivity index (χ3v) is 6.38. The van der Waals surface area contributed by atoms with Crippen LogP contribution >= 0.6 is 0 Å². The van der Waals surface area contributed by atoms with Crippen LogP contribution in [-0.4, -0.2) is 48.1 Å². The highest BCUT2D eigenvalue weighted by Gasteiger charge is 2.58. The summed E-state index contributed by atoms with van der Waals surface area (Å²) in [4.78, 5) is 30.8. The van der Waals surface area contributed by atoms with Gasteiger partial charge < -0.3 is 15.0 Å². The zero-order valence-corrected chi connectivity index (χ0v) is 18.6. The van der Waals surface area contributed by atoms with Gasteiger partial charge in [0.15, 0.2) is 0 Å². The molecule has 6 nitrogen and oxygen atoms in total.